The number of halogens is 2. The smallest absolute Gasteiger partial charge is 0.259 e. The van der Waals surface area contributed by atoms with Gasteiger partial charge in [-0.3, -0.25) is 4.79 Å². The van der Waals surface area contributed by atoms with Crippen molar-refractivity contribution in [1.29, 1.82) is 0 Å². The van der Waals surface area contributed by atoms with E-state index in [0.29, 0.717) is 18.8 Å². The summed E-state index contributed by atoms with van der Waals surface area (Å²) in [6, 6.07) is 4.41. The highest BCUT2D eigenvalue weighted by molar-refractivity contribution is 7.89. The van der Waals surface area contributed by atoms with Crippen molar-refractivity contribution in [3.63, 3.8) is 0 Å². The van der Waals surface area contributed by atoms with Crippen molar-refractivity contribution in [3.05, 3.63) is 41.2 Å². The van der Waals surface area contributed by atoms with Crippen LogP contribution in [0.1, 0.15) is 53.7 Å². The summed E-state index contributed by atoms with van der Waals surface area (Å²) in [7, 11) is -4.03. The highest BCUT2D eigenvalue weighted by Crippen LogP contribution is 2.33. The van der Waals surface area contributed by atoms with Gasteiger partial charge in [0.15, 0.2) is 5.03 Å². The molecule has 0 radical (unpaired) electrons. The molecule has 1 amide bonds. The molecule has 0 spiro atoms. The van der Waals surface area contributed by atoms with Gasteiger partial charge in [-0.2, -0.15) is 0 Å². The number of carbonyl (C=O) groups excluding carboxylic acids is 1. The van der Waals surface area contributed by atoms with Crippen molar-refractivity contribution in [3.8, 4) is 0 Å². The summed E-state index contributed by atoms with van der Waals surface area (Å²) in [5, 5.41) is 7.43. The first-order valence-electron chi connectivity index (χ1n) is 10.6. The van der Waals surface area contributed by atoms with Crippen LogP contribution in [0.4, 0.5) is 20.3 Å². The van der Waals surface area contributed by atoms with E-state index in [1.807, 2.05) is 0 Å². The number of pyridine rings is 2. The number of hydrogen-bond acceptors (Lipinski definition) is 6. The van der Waals surface area contributed by atoms with Gasteiger partial charge in [-0.1, -0.05) is 0 Å². The molecular formula is C21H25F2N5O3S. The van der Waals surface area contributed by atoms with Gasteiger partial charge in [0.05, 0.1) is 5.56 Å². The molecule has 3 N–H and O–H groups in total. The summed E-state index contributed by atoms with van der Waals surface area (Å²) in [6.07, 6.45) is 4.62. The van der Waals surface area contributed by atoms with E-state index in [0.717, 1.165) is 36.9 Å². The molecule has 2 aliphatic rings. The number of amides is 1. The number of aromatic nitrogens is 2. The first-order chi connectivity index (χ1) is 15.1. The number of primary sulfonamides is 1. The number of nitrogens with one attached hydrogen (secondary N) is 1. The Labute approximate surface area is 185 Å². The summed E-state index contributed by atoms with van der Waals surface area (Å²) in [4.78, 5) is 23.4. The molecular weight excluding hydrogens is 440 g/mol. The molecule has 2 aromatic rings. The van der Waals surface area contributed by atoms with Crippen LogP contribution in [0.2, 0.25) is 0 Å². The Kier molecular flexibility index (Phi) is 6.13. The second kappa shape index (κ2) is 8.70. The third kappa shape index (κ3) is 5.04. The Balaban J connectivity index is 1.68. The third-order valence-electron chi connectivity index (χ3n) is 5.83. The number of hydrogen-bond donors (Lipinski definition) is 2. The number of alkyl halides is 2. The molecule has 2 aromatic heterocycles. The van der Waals surface area contributed by atoms with Crippen molar-refractivity contribution in [2.24, 2.45) is 5.14 Å². The zero-order valence-electron chi connectivity index (χ0n) is 17.5. The Morgan fingerprint density at radius 2 is 1.91 bits per heavy atom. The number of nitrogens with two attached hydrogens (primary N) is 1. The van der Waals surface area contributed by atoms with Gasteiger partial charge in [0.2, 0.25) is 5.92 Å². The van der Waals surface area contributed by atoms with Crippen molar-refractivity contribution in [2.75, 3.05) is 23.3 Å². The van der Waals surface area contributed by atoms with E-state index in [9.17, 15) is 22.0 Å². The number of anilines is 2. The molecule has 172 valence electrons. The summed E-state index contributed by atoms with van der Waals surface area (Å²) >= 11 is 0. The molecule has 0 aromatic carbocycles. The normalized spacial score (nSPS) is 18.5. The number of sulfonamides is 1. The molecule has 1 fully saturated rings. The molecule has 1 aliphatic heterocycles. The predicted molar refractivity (Wildman–Crippen MR) is 115 cm³/mol. The van der Waals surface area contributed by atoms with E-state index < -0.39 is 21.9 Å². The van der Waals surface area contributed by atoms with Crippen LogP contribution in [-0.2, 0) is 22.9 Å². The molecule has 1 aliphatic carbocycles. The van der Waals surface area contributed by atoms with Crippen LogP contribution in [0.3, 0.4) is 0 Å². The quantitative estimate of drug-likeness (QED) is 0.717. The summed E-state index contributed by atoms with van der Waals surface area (Å²) in [6.45, 7) is 0.483. The second-order valence-electron chi connectivity index (χ2n) is 8.25. The molecule has 0 bridgehead atoms. The van der Waals surface area contributed by atoms with Crippen LogP contribution >= 0.6 is 0 Å². The van der Waals surface area contributed by atoms with Crippen molar-refractivity contribution < 1.29 is 22.0 Å². The molecule has 1 saturated heterocycles. The summed E-state index contributed by atoms with van der Waals surface area (Å²) < 4.78 is 51.0. The first kappa shape index (κ1) is 22.5. The van der Waals surface area contributed by atoms with Gasteiger partial charge in [0.25, 0.3) is 15.9 Å². The van der Waals surface area contributed by atoms with E-state index in [1.165, 1.54) is 18.3 Å². The van der Waals surface area contributed by atoms with Crippen LogP contribution < -0.4 is 15.4 Å². The fourth-order valence-corrected chi connectivity index (χ4v) is 4.65. The summed E-state index contributed by atoms with van der Waals surface area (Å²) in [5.41, 5.74) is 2.37. The SMILES string of the molecule is NS(=O)(=O)c1cc(NC(=O)c2cc3c(nc2N2CCCC(F)(F)CC2)CCCC3)ccn1. The van der Waals surface area contributed by atoms with Crippen LogP contribution in [0.5, 0.6) is 0 Å². The molecule has 8 nitrogen and oxygen atoms in total. The Morgan fingerprint density at radius 1 is 1.12 bits per heavy atom. The minimum atomic E-state index is -4.03. The highest BCUT2D eigenvalue weighted by Gasteiger charge is 2.33. The second-order valence-corrected chi connectivity index (χ2v) is 9.76. The van der Waals surface area contributed by atoms with Crippen molar-refractivity contribution in [1.82, 2.24) is 9.97 Å². The average Bonchev–Trinajstić information content (AvgIpc) is 2.92. The number of carbonyl (C=O) groups is 1. The molecule has 0 saturated carbocycles. The fourth-order valence-electron chi connectivity index (χ4n) is 4.15. The van der Waals surface area contributed by atoms with E-state index >= 15 is 0 Å². The largest absolute Gasteiger partial charge is 0.356 e. The maximum Gasteiger partial charge on any atom is 0.259 e. The lowest BCUT2D eigenvalue weighted by Crippen LogP contribution is -2.30. The topological polar surface area (TPSA) is 118 Å². The molecule has 3 heterocycles. The third-order valence-corrected chi connectivity index (χ3v) is 6.63. The minimum absolute atomic E-state index is 0.101. The maximum absolute atomic E-state index is 13.9. The van der Waals surface area contributed by atoms with Gasteiger partial charge >= 0.3 is 0 Å². The van der Waals surface area contributed by atoms with Gasteiger partial charge in [-0.15, -0.1) is 0 Å². The fraction of sp³-hybridized carbons (Fsp3) is 0.476. The van der Waals surface area contributed by atoms with Gasteiger partial charge in [0.1, 0.15) is 5.82 Å². The summed E-state index contributed by atoms with van der Waals surface area (Å²) in [5.74, 6) is -2.84. The van der Waals surface area contributed by atoms with Crippen LogP contribution in [0, 0.1) is 0 Å². The Hall–Kier alpha value is -2.66. The molecule has 32 heavy (non-hydrogen) atoms. The van der Waals surface area contributed by atoms with Crippen LogP contribution in [0.25, 0.3) is 0 Å². The van der Waals surface area contributed by atoms with E-state index in [4.69, 9.17) is 10.1 Å². The van der Waals surface area contributed by atoms with Crippen molar-refractivity contribution >= 4 is 27.4 Å². The zero-order chi connectivity index (χ0) is 22.9. The minimum Gasteiger partial charge on any atom is -0.356 e. The zero-order valence-corrected chi connectivity index (χ0v) is 18.3. The van der Waals surface area contributed by atoms with Gasteiger partial charge in [-0.25, -0.2) is 32.3 Å². The number of fused-ring (bicyclic) bond motifs is 1. The monoisotopic (exact) mass is 465 g/mol. The molecule has 0 unspecified atom stereocenters. The average molecular weight is 466 g/mol. The van der Waals surface area contributed by atoms with E-state index in [2.05, 4.69) is 10.3 Å². The lowest BCUT2D eigenvalue weighted by molar-refractivity contribution is -0.0102. The van der Waals surface area contributed by atoms with Crippen LogP contribution in [-0.4, -0.2) is 43.3 Å². The number of nitrogens with zero attached hydrogens (tertiary/aromatic N) is 3. The van der Waals surface area contributed by atoms with E-state index in [-0.39, 0.29) is 35.7 Å². The Bertz CT molecular complexity index is 1140. The van der Waals surface area contributed by atoms with Gasteiger partial charge < -0.3 is 10.2 Å². The lowest BCUT2D eigenvalue weighted by Gasteiger charge is -2.27. The van der Waals surface area contributed by atoms with Crippen molar-refractivity contribution in [2.45, 2.75) is 55.9 Å². The van der Waals surface area contributed by atoms with E-state index in [1.54, 1.807) is 11.0 Å². The maximum atomic E-state index is 13.9. The number of aryl methyl sites for hydroxylation is 2. The molecule has 11 heteroatoms. The highest BCUT2D eigenvalue weighted by atomic mass is 32.2. The standard InChI is InChI=1S/C21H25F2N5O3S/c22-21(23)7-3-10-28(11-8-21)19-16(12-14-4-1-2-5-17(14)27-19)20(29)26-15-6-9-25-18(13-15)32(24,30)31/h6,9,12-13H,1-5,7-8,10-11H2,(H2,24,30,31)(H,25,26,29). The number of rotatable bonds is 4. The lowest BCUT2D eigenvalue weighted by atomic mass is 9.94. The Morgan fingerprint density at radius 3 is 2.69 bits per heavy atom. The van der Waals surface area contributed by atoms with Gasteiger partial charge in [0, 0.05) is 49.6 Å². The molecule has 4 rings (SSSR count). The van der Waals surface area contributed by atoms with Crippen LogP contribution in [0.15, 0.2) is 29.4 Å². The molecule has 0 atom stereocenters. The first-order valence-corrected chi connectivity index (χ1v) is 12.1. The predicted octanol–water partition coefficient (Wildman–Crippen LogP) is 2.88. The van der Waals surface area contributed by atoms with Gasteiger partial charge in [-0.05, 0) is 49.8 Å².